The lowest BCUT2D eigenvalue weighted by Crippen LogP contribution is -2.18. The highest BCUT2D eigenvalue weighted by atomic mass is 32.1. The summed E-state index contributed by atoms with van der Waals surface area (Å²) in [5.74, 6) is -1.53. The number of carboxylic acids is 1. The van der Waals surface area contributed by atoms with Crippen molar-refractivity contribution in [2.24, 2.45) is 5.10 Å². The molecule has 0 bridgehead atoms. The predicted octanol–water partition coefficient (Wildman–Crippen LogP) is 5.17. The van der Waals surface area contributed by atoms with Crippen molar-refractivity contribution in [3.8, 4) is 11.6 Å². The summed E-state index contributed by atoms with van der Waals surface area (Å²) < 4.78 is 15.7. The predicted molar refractivity (Wildman–Crippen MR) is 130 cm³/mol. The summed E-state index contributed by atoms with van der Waals surface area (Å²) in [6.07, 6.45) is 0. The Labute approximate surface area is 194 Å². The van der Waals surface area contributed by atoms with E-state index in [1.54, 1.807) is 29.7 Å². The highest BCUT2D eigenvalue weighted by Gasteiger charge is 2.20. The number of fused-ring (bicyclic) bond motifs is 1. The van der Waals surface area contributed by atoms with Gasteiger partial charge in [-0.2, -0.15) is 5.10 Å². The number of hydrogen-bond acceptors (Lipinski definition) is 4. The molecule has 0 radical (unpaired) electrons. The third-order valence-corrected chi connectivity index (χ3v) is 5.60. The van der Waals surface area contributed by atoms with Gasteiger partial charge < -0.3 is 10.2 Å². The standard InChI is InChI=1S/C25H20FN3O3S/c1-14-3-10-19(11-4-14)29-21-12-9-18(26)13-20(21)22(24(29)30)15(2)27-28-23(33)16-5-7-17(8-6-16)25(31)32/h3-13,30H,1-2H3,(H,28,33)(H,31,32)/b27-15+. The molecule has 1 aromatic heterocycles. The molecule has 0 saturated heterocycles. The first kappa shape index (κ1) is 22.2. The minimum Gasteiger partial charge on any atom is -0.494 e. The molecule has 3 aromatic carbocycles. The molecule has 0 aliphatic rings. The summed E-state index contributed by atoms with van der Waals surface area (Å²) >= 11 is 5.35. The number of carboxylic acid groups (broad SMARTS) is 1. The molecule has 0 aliphatic heterocycles. The van der Waals surface area contributed by atoms with Crippen LogP contribution in [-0.2, 0) is 0 Å². The first-order valence-electron chi connectivity index (χ1n) is 10.0. The summed E-state index contributed by atoms with van der Waals surface area (Å²) in [7, 11) is 0. The second kappa shape index (κ2) is 8.84. The molecule has 0 spiro atoms. The number of nitrogens with one attached hydrogen (secondary N) is 1. The lowest BCUT2D eigenvalue weighted by atomic mass is 10.1. The van der Waals surface area contributed by atoms with Crippen molar-refractivity contribution in [2.45, 2.75) is 13.8 Å². The summed E-state index contributed by atoms with van der Waals surface area (Å²) in [5, 5.41) is 24.9. The van der Waals surface area contributed by atoms with Gasteiger partial charge in [-0.05, 0) is 56.3 Å². The quantitative estimate of drug-likeness (QED) is 0.217. The van der Waals surface area contributed by atoms with Crippen LogP contribution in [0.4, 0.5) is 4.39 Å². The van der Waals surface area contributed by atoms with E-state index in [0.29, 0.717) is 27.7 Å². The van der Waals surface area contributed by atoms with Crippen LogP contribution in [0.15, 0.2) is 71.8 Å². The molecule has 6 nitrogen and oxygen atoms in total. The van der Waals surface area contributed by atoms with Gasteiger partial charge in [0.2, 0.25) is 5.88 Å². The van der Waals surface area contributed by atoms with Gasteiger partial charge >= 0.3 is 5.97 Å². The van der Waals surface area contributed by atoms with Crippen LogP contribution < -0.4 is 5.43 Å². The molecule has 4 rings (SSSR count). The molecule has 0 saturated carbocycles. The topological polar surface area (TPSA) is 86.8 Å². The number of rotatable bonds is 5. The molecule has 166 valence electrons. The van der Waals surface area contributed by atoms with Gasteiger partial charge in [-0.15, -0.1) is 0 Å². The smallest absolute Gasteiger partial charge is 0.335 e. The van der Waals surface area contributed by atoms with Crippen molar-refractivity contribution in [1.29, 1.82) is 0 Å². The van der Waals surface area contributed by atoms with Crippen molar-refractivity contribution in [3.63, 3.8) is 0 Å². The first-order valence-corrected chi connectivity index (χ1v) is 10.5. The number of hydrazone groups is 1. The van der Waals surface area contributed by atoms with Crippen molar-refractivity contribution in [2.75, 3.05) is 0 Å². The molecule has 0 unspecified atom stereocenters. The van der Waals surface area contributed by atoms with E-state index in [1.807, 2.05) is 31.2 Å². The van der Waals surface area contributed by atoms with E-state index < -0.39 is 11.8 Å². The number of aromatic nitrogens is 1. The molecule has 4 aromatic rings. The van der Waals surface area contributed by atoms with Crippen LogP contribution in [0.1, 0.15) is 34.0 Å². The average molecular weight is 462 g/mol. The Bertz CT molecular complexity index is 1410. The molecule has 3 N–H and O–H groups in total. The average Bonchev–Trinajstić information content (AvgIpc) is 3.08. The summed E-state index contributed by atoms with van der Waals surface area (Å²) in [4.78, 5) is 11.3. The number of halogens is 1. The number of aromatic hydroxyl groups is 1. The number of hydrogen-bond donors (Lipinski definition) is 3. The van der Waals surface area contributed by atoms with Crippen molar-refractivity contribution >= 4 is 39.8 Å². The van der Waals surface area contributed by atoms with E-state index >= 15 is 0 Å². The maximum atomic E-state index is 14.1. The maximum absolute atomic E-state index is 14.1. The second-order valence-corrected chi connectivity index (χ2v) is 7.96. The largest absolute Gasteiger partial charge is 0.494 e. The second-order valence-electron chi connectivity index (χ2n) is 7.55. The Morgan fingerprint density at radius 2 is 1.67 bits per heavy atom. The Morgan fingerprint density at radius 1 is 1.03 bits per heavy atom. The number of aryl methyl sites for hydroxylation is 1. The Hall–Kier alpha value is -4.04. The molecule has 0 amide bonds. The summed E-state index contributed by atoms with van der Waals surface area (Å²) in [5.41, 5.74) is 6.72. The van der Waals surface area contributed by atoms with E-state index in [1.165, 1.54) is 24.3 Å². The maximum Gasteiger partial charge on any atom is 0.335 e. The third kappa shape index (κ3) is 4.33. The van der Waals surface area contributed by atoms with Gasteiger partial charge in [0.05, 0.1) is 22.4 Å². The summed E-state index contributed by atoms with van der Waals surface area (Å²) in [6.45, 7) is 3.65. The number of nitrogens with zero attached hydrogens (tertiary/aromatic N) is 2. The first-order chi connectivity index (χ1) is 15.8. The highest BCUT2D eigenvalue weighted by molar-refractivity contribution is 7.80. The zero-order valence-corrected chi connectivity index (χ0v) is 18.7. The Morgan fingerprint density at radius 3 is 2.30 bits per heavy atom. The Kier molecular flexibility index (Phi) is 5.93. The minimum atomic E-state index is -1.03. The van der Waals surface area contributed by atoms with E-state index in [-0.39, 0.29) is 16.4 Å². The van der Waals surface area contributed by atoms with Gasteiger partial charge in [0, 0.05) is 16.6 Å². The Balaban J connectivity index is 1.72. The summed E-state index contributed by atoms with van der Waals surface area (Å²) in [6, 6.07) is 18.0. The minimum absolute atomic E-state index is 0.0702. The van der Waals surface area contributed by atoms with Crippen LogP contribution in [0.25, 0.3) is 16.6 Å². The van der Waals surface area contributed by atoms with Crippen molar-refractivity contribution in [3.05, 3.63) is 94.8 Å². The van der Waals surface area contributed by atoms with E-state index in [9.17, 15) is 14.3 Å². The zero-order valence-electron chi connectivity index (χ0n) is 17.8. The molecule has 0 fully saturated rings. The SMILES string of the molecule is C/C(=N\NC(=S)c1ccc(C(=O)O)cc1)c1c(O)n(-c2ccc(C)cc2)c2ccc(F)cc12. The van der Waals surface area contributed by atoms with Crippen LogP contribution in [0, 0.1) is 12.7 Å². The van der Waals surface area contributed by atoms with Crippen LogP contribution in [0.5, 0.6) is 5.88 Å². The molecule has 33 heavy (non-hydrogen) atoms. The fraction of sp³-hybridized carbons (Fsp3) is 0.0800. The molecular weight excluding hydrogens is 441 g/mol. The van der Waals surface area contributed by atoms with Gasteiger partial charge in [-0.1, -0.05) is 42.0 Å². The van der Waals surface area contributed by atoms with E-state index in [2.05, 4.69) is 10.5 Å². The van der Waals surface area contributed by atoms with Crippen molar-refractivity contribution in [1.82, 2.24) is 9.99 Å². The lowest BCUT2D eigenvalue weighted by Gasteiger charge is -2.08. The van der Waals surface area contributed by atoms with Crippen LogP contribution >= 0.6 is 12.2 Å². The normalized spacial score (nSPS) is 11.5. The highest BCUT2D eigenvalue weighted by Crippen LogP contribution is 2.35. The number of benzene rings is 3. The van der Waals surface area contributed by atoms with Crippen LogP contribution in [-0.4, -0.2) is 31.4 Å². The van der Waals surface area contributed by atoms with Gasteiger partial charge in [-0.25, -0.2) is 9.18 Å². The monoisotopic (exact) mass is 461 g/mol. The molecule has 0 atom stereocenters. The van der Waals surface area contributed by atoms with Gasteiger partial charge in [0.25, 0.3) is 0 Å². The third-order valence-electron chi connectivity index (χ3n) is 5.28. The van der Waals surface area contributed by atoms with Gasteiger partial charge in [-0.3, -0.25) is 9.99 Å². The van der Waals surface area contributed by atoms with Crippen LogP contribution in [0.2, 0.25) is 0 Å². The number of carbonyl (C=O) groups is 1. The molecule has 1 heterocycles. The molecule has 0 aliphatic carbocycles. The zero-order chi connectivity index (χ0) is 23.7. The van der Waals surface area contributed by atoms with E-state index in [0.717, 1.165) is 11.3 Å². The fourth-order valence-electron chi connectivity index (χ4n) is 3.58. The lowest BCUT2D eigenvalue weighted by molar-refractivity contribution is 0.0697. The number of aromatic carboxylic acids is 1. The molecular formula is C25H20FN3O3S. The van der Waals surface area contributed by atoms with Gasteiger partial charge in [0.1, 0.15) is 10.8 Å². The van der Waals surface area contributed by atoms with E-state index in [4.69, 9.17) is 17.3 Å². The molecule has 8 heteroatoms. The fourth-order valence-corrected chi connectivity index (χ4v) is 3.76. The van der Waals surface area contributed by atoms with Crippen LogP contribution in [0.3, 0.4) is 0 Å². The number of thiocarbonyl (C=S) groups is 1. The van der Waals surface area contributed by atoms with Crippen molar-refractivity contribution < 1.29 is 19.4 Å². The van der Waals surface area contributed by atoms with Gasteiger partial charge in [0.15, 0.2) is 0 Å².